The summed E-state index contributed by atoms with van der Waals surface area (Å²) < 4.78 is 4.99. The molecule has 0 aromatic heterocycles. The molecule has 0 radical (unpaired) electrons. The second kappa shape index (κ2) is 7.01. The molecule has 106 valence electrons. The average molecular weight is 350 g/mol. The third-order valence-corrected chi connectivity index (χ3v) is 3.20. The van der Waals surface area contributed by atoms with Crippen molar-refractivity contribution < 1.29 is 9.53 Å². The Balaban J connectivity index is 0.00000180. The molecule has 6 heteroatoms. The molecular weight excluding hydrogens is 332 g/mol. The van der Waals surface area contributed by atoms with Crippen LogP contribution in [-0.2, 0) is 9.53 Å². The summed E-state index contributed by atoms with van der Waals surface area (Å²) in [6.07, 6.45) is 0. The molecule has 1 heterocycles. The number of anilines is 2. The van der Waals surface area contributed by atoms with E-state index in [0.717, 1.165) is 17.9 Å². The zero-order valence-electron chi connectivity index (χ0n) is 11.1. The number of hydrogen-bond donors (Lipinski definition) is 0. The molecular formula is C13H18BrClN2O2. The van der Waals surface area contributed by atoms with Crippen LogP contribution in [0.2, 0.25) is 5.02 Å². The van der Waals surface area contributed by atoms with E-state index in [0.29, 0.717) is 18.3 Å². The topological polar surface area (TPSA) is 32.8 Å². The minimum atomic E-state index is -0.207. The Morgan fingerprint density at radius 3 is 2.68 bits per heavy atom. The maximum Gasteiger partial charge on any atom is 0.325 e. The van der Waals surface area contributed by atoms with Crippen LogP contribution in [0.3, 0.4) is 0 Å². The van der Waals surface area contributed by atoms with Crippen LogP contribution in [0.15, 0.2) is 18.2 Å². The van der Waals surface area contributed by atoms with Crippen LogP contribution in [-0.4, -0.2) is 32.3 Å². The van der Waals surface area contributed by atoms with Crippen molar-refractivity contribution in [1.29, 1.82) is 0 Å². The Morgan fingerprint density at radius 2 is 2.05 bits per heavy atom. The Kier molecular flexibility index (Phi) is 5.94. The van der Waals surface area contributed by atoms with E-state index in [1.807, 2.05) is 30.0 Å². The van der Waals surface area contributed by atoms with Gasteiger partial charge in [-0.2, -0.15) is 0 Å². The summed E-state index contributed by atoms with van der Waals surface area (Å²) >= 11 is 6.02. The summed E-state index contributed by atoms with van der Waals surface area (Å²) in [5, 5.41) is 0.681. The fraction of sp³-hybridized carbons (Fsp3) is 0.462. The lowest BCUT2D eigenvalue weighted by Gasteiger charge is -2.19. The van der Waals surface area contributed by atoms with Crippen LogP contribution in [0.4, 0.5) is 11.4 Å². The normalized spacial score (nSPS) is 13.0. The smallest absolute Gasteiger partial charge is 0.325 e. The Labute approximate surface area is 129 Å². The standard InChI is InChI=1S/C13H17ClN2O2.BrH/c1-3-15-9-16(8-13(17)18-4-2)12-7-10(14)5-6-11(12)15;/h5-7H,3-4,8-9H2,1-2H3;1H. The molecule has 4 nitrogen and oxygen atoms in total. The minimum absolute atomic E-state index is 0. The second-order valence-electron chi connectivity index (χ2n) is 4.13. The quantitative estimate of drug-likeness (QED) is 0.782. The Bertz CT molecular complexity index is 456. The van der Waals surface area contributed by atoms with Gasteiger partial charge in [0.25, 0.3) is 0 Å². The van der Waals surface area contributed by atoms with Crippen LogP contribution in [0.25, 0.3) is 0 Å². The fourth-order valence-corrected chi connectivity index (χ4v) is 2.31. The monoisotopic (exact) mass is 348 g/mol. The second-order valence-corrected chi connectivity index (χ2v) is 4.57. The Hall–Kier alpha value is -0.940. The molecule has 0 amide bonds. The van der Waals surface area contributed by atoms with Gasteiger partial charge in [0, 0.05) is 11.6 Å². The number of ether oxygens (including phenoxy) is 1. The van der Waals surface area contributed by atoms with Gasteiger partial charge in [0.05, 0.1) is 24.7 Å². The highest BCUT2D eigenvalue weighted by atomic mass is 79.9. The highest BCUT2D eigenvalue weighted by molar-refractivity contribution is 8.93. The SMILES string of the molecule is Br.CCOC(=O)CN1CN(CC)c2ccc(Cl)cc21. The molecule has 0 saturated heterocycles. The predicted octanol–water partition coefficient (Wildman–Crippen LogP) is 3.08. The van der Waals surface area contributed by atoms with Crippen molar-refractivity contribution in [3.05, 3.63) is 23.2 Å². The summed E-state index contributed by atoms with van der Waals surface area (Å²) in [6, 6.07) is 5.76. The van der Waals surface area contributed by atoms with E-state index in [1.165, 1.54) is 0 Å². The van der Waals surface area contributed by atoms with Crippen molar-refractivity contribution >= 4 is 45.9 Å². The number of halogens is 2. The first-order valence-electron chi connectivity index (χ1n) is 6.10. The third-order valence-electron chi connectivity index (χ3n) is 2.97. The fourth-order valence-electron chi connectivity index (χ4n) is 2.14. The van der Waals surface area contributed by atoms with Crippen molar-refractivity contribution in [2.75, 3.05) is 36.2 Å². The molecule has 1 aliphatic heterocycles. The van der Waals surface area contributed by atoms with Crippen molar-refractivity contribution in [3.63, 3.8) is 0 Å². The molecule has 1 aliphatic rings. The number of carbonyl (C=O) groups excluding carboxylic acids is 1. The van der Waals surface area contributed by atoms with Gasteiger partial charge >= 0.3 is 5.97 Å². The average Bonchev–Trinajstić information content (AvgIpc) is 2.67. The number of carbonyl (C=O) groups is 1. The highest BCUT2D eigenvalue weighted by Gasteiger charge is 2.26. The summed E-state index contributed by atoms with van der Waals surface area (Å²) in [6.45, 7) is 6.17. The molecule has 1 aromatic carbocycles. The Morgan fingerprint density at radius 1 is 1.32 bits per heavy atom. The van der Waals surface area contributed by atoms with E-state index >= 15 is 0 Å². The van der Waals surface area contributed by atoms with Gasteiger partial charge in [-0.1, -0.05) is 11.6 Å². The lowest BCUT2D eigenvalue weighted by atomic mass is 10.2. The molecule has 0 saturated carbocycles. The lowest BCUT2D eigenvalue weighted by molar-refractivity contribution is -0.141. The zero-order chi connectivity index (χ0) is 13.1. The first-order chi connectivity index (χ1) is 8.65. The molecule has 0 spiro atoms. The van der Waals surface area contributed by atoms with E-state index in [4.69, 9.17) is 16.3 Å². The predicted molar refractivity (Wildman–Crippen MR) is 83.6 cm³/mol. The van der Waals surface area contributed by atoms with Crippen LogP contribution in [0.1, 0.15) is 13.8 Å². The molecule has 19 heavy (non-hydrogen) atoms. The van der Waals surface area contributed by atoms with Crippen LogP contribution >= 0.6 is 28.6 Å². The van der Waals surface area contributed by atoms with Gasteiger partial charge < -0.3 is 14.5 Å². The third kappa shape index (κ3) is 3.54. The number of rotatable bonds is 4. The van der Waals surface area contributed by atoms with Gasteiger partial charge in [0.2, 0.25) is 0 Å². The minimum Gasteiger partial charge on any atom is -0.465 e. The van der Waals surface area contributed by atoms with E-state index in [2.05, 4.69) is 11.8 Å². The molecule has 0 N–H and O–H groups in total. The number of fused-ring (bicyclic) bond motifs is 1. The zero-order valence-corrected chi connectivity index (χ0v) is 13.5. The summed E-state index contributed by atoms with van der Waals surface area (Å²) in [5.41, 5.74) is 2.11. The highest BCUT2D eigenvalue weighted by Crippen LogP contribution is 2.37. The molecule has 1 aromatic rings. The maximum absolute atomic E-state index is 11.6. The van der Waals surface area contributed by atoms with Crippen molar-refractivity contribution in [3.8, 4) is 0 Å². The van der Waals surface area contributed by atoms with Gasteiger partial charge in [0.15, 0.2) is 0 Å². The van der Waals surface area contributed by atoms with Crippen LogP contribution in [0, 0.1) is 0 Å². The first-order valence-corrected chi connectivity index (χ1v) is 6.48. The molecule has 0 unspecified atom stereocenters. The maximum atomic E-state index is 11.6. The van der Waals surface area contributed by atoms with Gasteiger partial charge in [-0.25, -0.2) is 0 Å². The number of benzene rings is 1. The van der Waals surface area contributed by atoms with E-state index < -0.39 is 0 Å². The van der Waals surface area contributed by atoms with Gasteiger partial charge in [-0.05, 0) is 32.0 Å². The van der Waals surface area contributed by atoms with Gasteiger partial charge in [-0.15, -0.1) is 17.0 Å². The van der Waals surface area contributed by atoms with Crippen molar-refractivity contribution in [2.24, 2.45) is 0 Å². The van der Waals surface area contributed by atoms with Crippen LogP contribution < -0.4 is 9.80 Å². The number of esters is 1. The first kappa shape index (κ1) is 16.1. The van der Waals surface area contributed by atoms with E-state index in [-0.39, 0.29) is 29.5 Å². The number of hydrogen-bond acceptors (Lipinski definition) is 4. The molecule has 2 rings (SSSR count). The lowest BCUT2D eigenvalue weighted by Crippen LogP contribution is -2.35. The van der Waals surface area contributed by atoms with Crippen molar-refractivity contribution in [1.82, 2.24) is 0 Å². The van der Waals surface area contributed by atoms with Crippen molar-refractivity contribution in [2.45, 2.75) is 13.8 Å². The molecule has 0 bridgehead atoms. The molecule has 0 atom stereocenters. The molecule has 0 aliphatic carbocycles. The summed E-state index contributed by atoms with van der Waals surface area (Å²) in [7, 11) is 0. The van der Waals surface area contributed by atoms with E-state index in [9.17, 15) is 4.79 Å². The van der Waals surface area contributed by atoms with Gasteiger partial charge in [-0.3, -0.25) is 4.79 Å². The largest absolute Gasteiger partial charge is 0.465 e. The molecule has 0 fully saturated rings. The summed E-state index contributed by atoms with van der Waals surface area (Å²) in [5.74, 6) is -0.207. The number of nitrogens with zero attached hydrogens (tertiary/aromatic N) is 2. The summed E-state index contributed by atoms with van der Waals surface area (Å²) in [4.78, 5) is 15.8. The van der Waals surface area contributed by atoms with E-state index in [1.54, 1.807) is 0 Å². The van der Waals surface area contributed by atoms with Crippen LogP contribution in [0.5, 0.6) is 0 Å². The van der Waals surface area contributed by atoms with Gasteiger partial charge in [0.1, 0.15) is 6.54 Å².